The van der Waals surface area contributed by atoms with Crippen LogP contribution in [-0.4, -0.2) is 11.9 Å². The fraction of sp³-hybridized carbons (Fsp3) is 0.750. The third-order valence-electron chi connectivity index (χ3n) is 3.61. The Morgan fingerprint density at radius 2 is 1.89 bits per heavy atom. The molecule has 0 saturated carbocycles. The molecule has 3 heteroatoms. The molecule has 108 valence electrons. The Bertz CT molecular complexity index is 368. The summed E-state index contributed by atoms with van der Waals surface area (Å²) in [7, 11) is 0. The van der Waals surface area contributed by atoms with E-state index >= 15 is 0 Å². The molecular weight excluding hydrogens is 240 g/mol. The minimum atomic E-state index is -0.399. The van der Waals surface area contributed by atoms with Crippen LogP contribution in [0.25, 0.3) is 0 Å². The number of allylic oxidation sites excluding steroid dienone is 1. The summed E-state index contributed by atoms with van der Waals surface area (Å²) in [6, 6.07) is 0. The van der Waals surface area contributed by atoms with Crippen molar-refractivity contribution in [3.63, 3.8) is 0 Å². The van der Waals surface area contributed by atoms with Crippen LogP contribution in [0.3, 0.4) is 0 Å². The highest BCUT2D eigenvalue weighted by Gasteiger charge is 2.34. The fourth-order valence-electron chi connectivity index (χ4n) is 2.99. The molecule has 0 bridgehead atoms. The molecule has 0 aliphatic carbocycles. The zero-order chi connectivity index (χ0) is 14.6. The van der Waals surface area contributed by atoms with Gasteiger partial charge in [-0.2, -0.15) is 0 Å². The molecule has 3 nitrogen and oxygen atoms in total. The monoisotopic (exact) mass is 266 g/mol. The van der Waals surface area contributed by atoms with Crippen LogP contribution in [0, 0.1) is 23.7 Å². The average Bonchev–Trinajstić information content (AvgIpc) is 2.55. The maximum Gasteiger partial charge on any atom is 0.321 e. The second-order valence-electron chi connectivity index (χ2n) is 6.41. The first-order chi connectivity index (χ1) is 8.79. The summed E-state index contributed by atoms with van der Waals surface area (Å²) in [6.45, 7) is 10.8. The highest BCUT2D eigenvalue weighted by Crippen LogP contribution is 2.27. The third kappa shape index (κ3) is 5.17. The van der Waals surface area contributed by atoms with Crippen LogP contribution in [-0.2, 0) is 14.3 Å². The van der Waals surface area contributed by atoms with Gasteiger partial charge in [0.2, 0.25) is 0 Å². The van der Waals surface area contributed by atoms with Crippen molar-refractivity contribution in [3.8, 4) is 0 Å². The Hall–Kier alpha value is -1.12. The number of carbonyl (C=O) groups is 2. The summed E-state index contributed by atoms with van der Waals surface area (Å²) >= 11 is 0. The molecule has 0 spiro atoms. The van der Waals surface area contributed by atoms with Gasteiger partial charge in [0.15, 0.2) is 0 Å². The Morgan fingerprint density at radius 1 is 1.26 bits per heavy atom. The maximum absolute atomic E-state index is 11.5. The molecule has 1 aliphatic heterocycles. The number of rotatable bonds is 6. The van der Waals surface area contributed by atoms with E-state index in [1.807, 2.05) is 6.92 Å². The zero-order valence-electron chi connectivity index (χ0n) is 12.7. The van der Waals surface area contributed by atoms with E-state index in [1.54, 1.807) is 0 Å². The Kier molecular flexibility index (Phi) is 5.77. The molecular formula is C16H26O3. The standard InChI is InChI=1S/C16H26O3/c1-10(2)6-11(3)7-12(4)8-13(5)14-9-15(17)19-16(14)18/h8,10-12,14H,6-7,9H2,1-5H3. The maximum atomic E-state index is 11.5. The lowest BCUT2D eigenvalue weighted by atomic mass is 9.87. The van der Waals surface area contributed by atoms with Crippen molar-refractivity contribution < 1.29 is 14.3 Å². The molecule has 0 aromatic carbocycles. The quantitative estimate of drug-likeness (QED) is 0.418. The number of hydrogen-bond acceptors (Lipinski definition) is 3. The normalized spacial score (nSPS) is 23.7. The molecule has 3 atom stereocenters. The van der Waals surface area contributed by atoms with Crippen LogP contribution in [0.1, 0.15) is 53.9 Å². The van der Waals surface area contributed by atoms with Gasteiger partial charge >= 0.3 is 11.9 Å². The molecule has 1 rings (SSSR count). The molecule has 0 amide bonds. The molecule has 0 radical (unpaired) electrons. The van der Waals surface area contributed by atoms with Crippen molar-refractivity contribution >= 4 is 11.9 Å². The van der Waals surface area contributed by atoms with Crippen molar-refractivity contribution in [1.29, 1.82) is 0 Å². The van der Waals surface area contributed by atoms with Crippen molar-refractivity contribution in [2.24, 2.45) is 23.7 Å². The zero-order valence-corrected chi connectivity index (χ0v) is 12.7. The van der Waals surface area contributed by atoms with Crippen LogP contribution in [0.15, 0.2) is 11.6 Å². The molecule has 0 N–H and O–H groups in total. The van der Waals surface area contributed by atoms with Crippen LogP contribution >= 0.6 is 0 Å². The molecule has 19 heavy (non-hydrogen) atoms. The van der Waals surface area contributed by atoms with Crippen LogP contribution in [0.5, 0.6) is 0 Å². The molecule has 1 heterocycles. The van der Waals surface area contributed by atoms with E-state index in [1.165, 1.54) is 6.42 Å². The smallest absolute Gasteiger partial charge is 0.321 e. The van der Waals surface area contributed by atoms with E-state index in [4.69, 9.17) is 0 Å². The topological polar surface area (TPSA) is 43.4 Å². The molecule has 0 aromatic rings. The predicted octanol–water partition coefficient (Wildman–Crippen LogP) is 3.73. The molecule has 1 saturated heterocycles. The van der Waals surface area contributed by atoms with E-state index in [0.717, 1.165) is 17.9 Å². The van der Waals surface area contributed by atoms with Gasteiger partial charge in [-0.3, -0.25) is 9.59 Å². The molecule has 0 aromatic heterocycles. The summed E-state index contributed by atoms with van der Waals surface area (Å²) in [4.78, 5) is 22.6. The van der Waals surface area contributed by atoms with E-state index in [2.05, 4.69) is 38.5 Å². The van der Waals surface area contributed by atoms with Gasteiger partial charge < -0.3 is 4.74 Å². The Balaban J connectivity index is 2.53. The summed E-state index contributed by atoms with van der Waals surface area (Å²) < 4.78 is 4.59. The van der Waals surface area contributed by atoms with E-state index in [0.29, 0.717) is 11.8 Å². The molecule has 1 aliphatic rings. The SMILES string of the molecule is CC(=CC(C)CC(C)CC(C)C)C1CC(=O)OC1=O. The highest BCUT2D eigenvalue weighted by molar-refractivity contribution is 5.96. The highest BCUT2D eigenvalue weighted by atomic mass is 16.6. The summed E-state index contributed by atoms with van der Waals surface area (Å²) in [5.74, 6) is 0.684. The van der Waals surface area contributed by atoms with E-state index < -0.39 is 5.97 Å². The Morgan fingerprint density at radius 3 is 2.37 bits per heavy atom. The largest absolute Gasteiger partial charge is 0.393 e. The first kappa shape index (κ1) is 15.9. The second-order valence-corrected chi connectivity index (χ2v) is 6.41. The molecule has 3 unspecified atom stereocenters. The van der Waals surface area contributed by atoms with Crippen LogP contribution in [0.2, 0.25) is 0 Å². The number of hydrogen-bond donors (Lipinski definition) is 0. The lowest BCUT2D eigenvalue weighted by Crippen LogP contribution is -2.11. The van der Waals surface area contributed by atoms with Gasteiger partial charge in [-0.15, -0.1) is 0 Å². The van der Waals surface area contributed by atoms with Crippen LogP contribution in [0.4, 0.5) is 0 Å². The minimum absolute atomic E-state index is 0.204. The number of cyclic esters (lactones) is 2. The summed E-state index contributed by atoms with van der Waals surface area (Å²) in [5, 5.41) is 0. The first-order valence-corrected chi connectivity index (χ1v) is 7.22. The number of esters is 2. The van der Waals surface area contributed by atoms with Gasteiger partial charge in [0.1, 0.15) is 0 Å². The predicted molar refractivity (Wildman–Crippen MR) is 75.4 cm³/mol. The van der Waals surface area contributed by atoms with Gasteiger partial charge in [0, 0.05) is 0 Å². The number of carbonyl (C=O) groups excluding carboxylic acids is 2. The van der Waals surface area contributed by atoms with Gasteiger partial charge in [-0.1, -0.05) is 39.3 Å². The second kappa shape index (κ2) is 6.88. The van der Waals surface area contributed by atoms with Crippen LogP contribution < -0.4 is 0 Å². The lowest BCUT2D eigenvalue weighted by molar-refractivity contribution is -0.152. The summed E-state index contributed by atoms with van der Waals surface area (Å²) in [5.41, 5.74) is 0.972. The van der Waals surface area contributed by atoms with Crippen molar-refractivity contribution in [3.05, 3.63) is 11.6 Å². The van der Waals surface area contributed by atoms with Gasteiger partial charge in [-0.05, 0) is 37.5 Å². The van der Waals surface area contributed by atoms with Crippen molar-refractivity contribution in [1.82, 2.24) is 0 Å². The van der Waals surface area contributed by atoms with Gasteiger partial charge in [0.25, 0.3) is 0 Å². The fourth-order valence-corrected chi connectivity index (χ4v) is 2.99. The Labute approximate surface area is 116 Å². The van der Waals surface area contributed by atoms with Gasteiger partial charge in [0.05, 0.1) is 12.3 Å². The van der Waals surface area contributed by atoms with E-state index in [9.17, 15) is 9.59 Å². The molecule has 1 fully saturated rings. The van der Waals surface area contributed by atoms with Gasteiger partial charge in [-0.25, -0.2) is 0 Å². The summed E-state index contributed by atoms with van der Waals surface area (Å²) in [6.07, 6.45) is 4.67. The average molecular weight is 266 g/mol. The third-order valence-corrected chi connectivity index (χ3v) is 3.61. The van der Waals surface area contributed by atoms with E-state index in [-0.39, 0.29) is 18.3 Å². The number of ether oxygens (including phenoxy) is 1. The van der Waals surface area contributed by atoms with Crippen molar-refractivity contribution in [2.75, 3.05) is 0 Å². The minimum Gasteiger partial charge on any atom is -0.393 e. The first-order valence-electron chi connectivity index (χ1n) is 7.22. The van der Waals surface area contributed by atoms with Crippen molar-refractivity contribution in [2.45, 2.75) is 53.9 Å². The lowest BCUT2D eigenvalue weighted by Gasteiger charge is -2.17.